The first-order valence-corrected chi connectivity index (χ1v) is 16.1. The van der Waals surface area contributed by atoms with E-state index in [-0.39, 0.29) is 11.7 Å². The van der Waals surface area contributed by atoms with E-state index in [2.05, 4.69) is 74.2 Å². The van der Waals surface area contributed by atoms with Crippen LogP contribution in [-0.4, -0.2) is 44.3 Å². The number of anilines is 1. The summed E-state index contributed by atoms with van der Waals surface area (Å²) in [6.07, 6.45) is 7.10. The van der Waals surface area contributed by atoms with Crippen LogP contribution < -0.4 is 10.6 Å². The normalized spacial score (nSPS) is 14.4. The zero-order chi connectivity index (χ0) is 25.6. The van der Waals surface area contributed by atoms with Gasteiger partial charge in [-0.2, -0.15) is 5.10 Å². The number of hydrogen-bond donors (Lipinski definition) is 2. The monoisotopic (exact) mass is 610 g/mol. The largest absolute Gasteiger partial charge is 0.444 e. The highest BCUT2D eigenvalue weighted by Gasteiger charge is 2.17. The molecule has 35 heavy (non-hydrogen) atoms. The fourth-order valence-electron chi connectivity index (χ4n) is 4.05. The second-order valence-corrected chi connectivity index (χ2v) is 12.0. The quantitative estimate of drug-likeness (QED) is 0.241. The molecule has 0 radical (unpaired) electrons. The van der Waals surface area contributed by atoms with Gasteiger partial charge in [0.15, 0.2) is 0 Å². The number of nitrogens with one attached hydrogen (secondary N) is 2. The molecule has 2 heterocycles. The van der Waals surface area contributed by atoms with Crippen molar-refractivity contribution in [2.45, 2.75) is 77.9 Å². The molecule has 1 aliphatic carbocycles. The number of fused-ring (bicyclic) bond motifs is 1. The number of amides is 1. The van der Waals surface area contributed by atoms with Gasteiger partial charge < -0.3 is 15.4 Å². The topological polar surface area (TPSA) is 94.0 Å². The van der Waals surface area contributed by atoms with Crippen LogP contribution in [0.25, 0.3) is 22.2 Å². The summed E-state index contributed by atoms with van der Waals surface area (Å²) in [6.45, 7) is 9.92. The Morgan fingerprint density at radius 3 is 2.51 bits per heavy atom. The Kier molecular flexibility index (Phi) is 9.69. The molecule has 2 N–H and O–H groups in total. The third kappa shape index (κ3) is 7.74. The number of carbonyl (C=O) groups is 1. The summed E-state index contributed by atoms with van der Waals surface area (Å²) in [4.78, 5) is 19.7. The first kappa shape index (κ1) is 27.6. The Bertz CT molecular complexity index is 1140. The number of ether oxygens (including phenoxy) is 1. The molecule has 1 aliphatic rings. The summed E-state index contributed by atoms with van der Waals surface area (Å²) < 4.78 is 6.97. The fourth-order valence-corrected chi connectivity index (χ4v) is 5.77. The number of nitrogens with zero attached hydrogens (tertiary/aromatic N) is 4. The average Bonchev–Trinajstić information content (AvgIpc) is 3.45. The van der Waals surface area contributed by atoms with Gasteiger partial charge in [0.2, 0.25) is 5.95 Å². The standard InChI is InChI=1S/C19H23IN5P.C6H13NO2/c1-12(2)18-15-11-13(7-8-17(15)24-25(18)26-20)16-9-10-21-19(23-16)22-14-5-3-4-6-14;1-6(2,3)9-5(8)7-4/h7-12,14,26H,3-6H2,1-2H3,(H,21,22,23);1-4H3,(H,7,8). The van der Waals surface area contributed by atoms with Gasteiger partial charge in [0.1, 0.15) is 5.60 Å². The van der Waals surface area contributed by atoms with Crippen molar-refractivity contribution in [1.82, 2.24) is 24.8 Å². The van der Waals surface area contributed by atoms with Gasteiger partial charge in [-0.3, -0.25) is 0 Å². The lowest BCUT2D eigenvalue weighted by Crippen LogP contribution is -2.30. The minimum Gasteiger partial charge on any atom is -0.444 e. The Balaban J connectivity index is 0.000000327. The zero-order valence-corrected chi connectivity index (χ0v) is 24.5. The molecule has 10 heteroatoms. The van der Waals surface area contributed by atoms with E-state index in [9.17, 15) is 4.79 Å². The van der Waals surface area contributed by atoms with Crippen molar-refractivity contribution in [3.63, 3.8) is 0 Å². The van der Waals surface area contributed by atoms with Gasteiger partial charge in [0, 0.05) is 30.2 Å². The smallest absolute Gasteiger partial charge is 0.407 e. The number of rotatable bonds is 5. The van der Waals surface area contributed by atoms with Crippen LogP contribution in [0.3, 0.4) is 0 Å². The van der Waals surface area contributed by atoms with Crippen LogP contribution in [0.15, 0.2) is 30.5 Å². The molecule has 2 aromatic heterocycles. The maximum Gasteiger partial charge on any atom is 0.407 e. The molecule has 0 bridgehead atoms. The summed E-state index contributed by atoms with van der Waals surface area (Å²) in [5.41, 5.74) is 4.04. The highest BCUT2D eigenvalue weighted by molar-refractivity contribution is 14.2. The van der Waals surface area contributed by atoms with E-state index in [1.165, 1.54) is 43.8 Å². The molecular formula is C25H36IN6O2P. The minimum atomic E-state index is -0.389. The Hall–Kier alpha value is -2.00. The highest BCUT2D eigenvalue weighted by Crippen LogP contribution is 2.35. The predicted octanol–water partition coefficient (Wildman–Crippen LogP) is 6.90. The zero-order valence-electron chi connectivity index (χ0n) is 21.4. The van der Waals surface area contributed by atoms with Crippen molar-refractivity contribution < 1.29 is 9.53 Å². The van der Waals surface area contributed by atoms with E-state index >= 15 is 0 Å². The molecule has 0 saturated heterocycles. The molecule has 1 saturated carbocycles. The van der Waals surface area contributed by atoms with E-state index < -0.39 is 0 Å². The van der Waals surface area contributed by atoms with Crippen molar-refractivity contribution in [1.29, 1.82) is 0 Å². The lowest BCUT2D eigenvalue weighted by atomic mass is 10.0. The number of carbonyl (C=O) groups excluding carboxylic acids is 1. The van der Waals surface area contributed by atoms with Crippen LogP contribution in [0.1, 0.15) is 71.9 Å². The van der Waals surface area contributed by atoms with E-state index in [1.54, 1.807) is 0 Å². The molecule has 1 aromatic carbocycles. The maximum atomic E-state index is 10.5. The third-order valence-corrected chi connectivity index (χ3v) is 7.45. The van der Waals surface area contributed by atoms with Crippen LogP contribution in [0.2, 0.25) is 0 Å². The molecule has 0 spiro atoms. The van der Waals surface area contributed by atoms with Gasteiger partial charge in [-0.15, -0.1) is 0 Å². The Labute approximate surface area is 222 Å². The van der Waals surface area contributed by atoms with E-state index in [0.29, 0.717) is 18.3 Å². The summed E-state index contributed by atoms with van der Waals surface area (Å²) in [6, 6.07) is 8.95. The van der Waals surface area contributed by atoms with Gasteiger partial charge in [-0.25, -0.2) is 19.2 Å². The minimum absolute atomic E-state index is 0.387. The Morgan fingerprint density at radius 1 is 1.23 bits per heavy atom. The number of alkyl carbamates (subject to hydrolysis) is 1. The van der Waals surface area contributed by atoms with Gasteiger partial charge in [0.05, 0.1) is 23.3 Å². The fraction of sp³-hybridized carbons (Fsp3) is 0.520. The van der Waals surface area contributed by atoms with Crippen molar-refractivity contribution >= 4 is 51.4 Å². The van der Waals surface area contributed by atoms with Crippen LogP contribution in [0.5, 0.6) is 0 Å². The summed E-state index contributed by atoms with van der Waals surface area (Å²) in [5.74, 6) is 1.17. The summed E-state index contributed by atoms with van der Waals surface area (Å²) >= 11 is 2.39. The van der Waals surface area contributed by atoms with Crippen LogP contribution in [0.4, 0.5) is 10.7 Å². The molecular weight excluding hydrogens is 574 g/mol. The van der Waals surface area contributed by atoms with E-state index in [0.717, 1.165) is 22.7 Å². The van der Waals surface area contributed by atoms with Crippen molar-refractivity contribution in [3.05, 3.63) is 36.2 Å². The van der Waals surface area contributed by atoms with Crippen molar-refractivity contribution in [3.8, 4) is 11.3 Å². The molecule has 1 unspecified atom stereocenters. The average molecular weight is 610 g/mol. The second kappa shape index (κ2) is 12.3. The van der Waals surface area contributed by atoms with Gasteiger partial charge in [-0.05, 0) is 79.8 Å². The molecule has 1 fully saturated rings. The van der Waals surface area contributed by atoms with Gasteiger partial charge in [0.25, 0.3) is 0 Å². The van der Waals surface area contributed by atoms with Crippen LogP contribution in [0, 0.1) is 0 Å². The molecule has 1 atom stereocenters. The van der Waals surface area contributed by atoms with Crippen LogP contribution >= 0.6 is 28.4 Å². The van der Waals surface area contributed by atoms with E-state index in [4.69, 9.17) is 14.8 Å². The lowest BCUT2D eigenvalue weighted by molar-refractivity contribution is 0.0541. The molecule has 8 nitrogen and oxygen atoms in total. The van der Waals surface area contributed by atoms with Crippen LogP contribution in [-0.2, 0) is 4.74 Å². The lowest BCUT2D eigenvalue weighted by Gasteiger charge is -2.18. The van der Waals surface area contributed by atoms with Gasteiger partial charge in [-0.1, -0.05) is 32.8 Å². The molecule has 3 aromatic rings. The first-order chi connectivity index (χ1) is 16.6. The molecule has 190 valence electrons. The number of halogens is 1. The number of hydrogen-bond acceptors (Lipinski definition) is 6. The Morgan fingerprint density at radius 2 is 1.94 bits per heavy atom. The van der Waals surface area contributed by atoms with Crippen molar-refractivity contribution in [2.24, 2.45) is 0 Å². The molecule has 1 amide bonds. The molecule has 4 rings (SSSR count). The number of aromatic nitrogens is 4. The van der Waals surface area contributed by atoms with Crippen molar-refractivity contribution in [2.75, 3.05) is 12.4 Å². The summed E-state index contributed by atoms with van der Waals surface area (Å²) in [5, 5.41) is 11.8. The first-order valence-electron chi connectivity index (χ1n) is 12.0. The van der Waals surface area contributed by atoms with E-state index in [1.807, 2.05) is 33.0 Å². The third-order valence-electron chi connectivity index (χ3n) is 5.58. The summed E-state index contributed by atoms with van der Waals surface area (Å²) in [7, 11) is 1.54. The van der Waals surface area contributed by atoms with Gasteiger partial charge >= 0.3 is 6.09 Å². The maximum absolute atomic E-state index is 10.5. The number of benzene rings is 1. The molecule has 0 aliphatic heterocycles. The predicted molar refractivity (Wildman–Crippen MR) is 154 cm³/mol. The second-order valence-electron chi connectivity index (χ2n) is 9.91. The SMILES string of the molecule is CC(C)c1c2cc(-c3ccnc(NC4CCCC4)n3)ccc2nn1PI.CNC(=O)OC(C)(C)C. The highest BCUT2D eigenvalue weighted by atomic mass is 127.